The number of methoxy groups -OCH3 is 3. The Morgan fingerprint density at radius 2 is 1.68 bits per heavy atom. The maximum absolute atomic E-state index is 13.8. The predicted molar refractivity (Wildman–Crippen MR) is 105 cm³/mol. The monoisotopic (exact) mass is 384 g/mol. The van der Waals surface area contributed by atoms with Crippen LogP contribution in [0, 0.1) is 5.82 Å². The summed E-state index contributed by atoms with van der Waals surface area (Å²) in [5.41, 5.74) is 4.44. The lowest BCUT2D eigenvalue weighted by Crippen LogP contribution is -1.97. The Hall–Kier alpha value is -3.28. The smallest absolute Gasteiger partial charge is 0.307 e. The minimum absolute atomic E-state index is 0.172. The third-order valence-electron chi connectivity index (χ3n) is 4.78. The van der Waals surface area contributed by atoms with Gasteiger partial charge in [-0.2, -0.15) is 0 Å². The summed E-state index contributed by atoms with van der Waals surface area (Å²) in [6.45, 7) is 1.85. The van der Waals surface area contributed by atoms with Gasteiger partial charge >= 0.3 is 5.97 Å². The lowest BCUT2D eigenvalue weighted by Gasteiger charge is -2.13. The molecule has 0 aliphatic heterocycles. The molecule has 1 aliphatic rings. The van der Waals surface area contributed by atoms with E-state index in [2.05, 4.69) is 0 Å². The van der Waals surface area contributed by atoms with E-state index in [0.29, 0.717) is 28.4 Å². The number of carboxylic acids is 1. The summed E-state index contributed by atoms with van der Waals surface area (Å²) in [6, 6.07) is 8.04. The molecular formula is C22H21FO5. The van der Waals surface area contributed by atoms with Gasteiger partial charge in [-0.3, -0.25) is 4.79 Å². The molecule has 146 valence electrons. The van der Waals surface area contributed by atoms with Crippen molar-refractivity contribution < 1.29 is 28.5 Å². The topological polar surface area (TPSA) is 65.0 Å². The fourth-order valence-electron chi connectivity index (χ4n) is 3.48. The number of benzene rings is 2. The number of carboxylic acid groups (broad SMARTS) is 1. The quantitative estimate of drug-likeness (QED) is 0.785. The molecule has 0 saturated carbocycles. The van der Waals surface area contributed by atoms with Crippen LogP contribution in [0.4, 0.5) is 4.39 Å². The van der Waals surface area contributed by atoms with Crippen LogP contribution in [-0.2, 0) is 4.79 Å². The SMILES string of the molecule is COc1cc(C=C2C(C)=C(CC(=O)O)c3cc(F)ccc32)cc(OC)c1OC. The van der Waals surface area contributed by atoms with E-state index < -0.39 is 11.8 Å². The number of hydrogen-bond acceptors (Lipinski definition) is 4. The molecule has 1 N–H and O–H groups in total. The van der Waals surface area contributed by atoms with Gasteiger partial charge in [0.2, 0.25) is 5.75 Å². The van der Waals surface area contributed by atoms with Crippen molar-refractivity contribution >= 4 is 23.2 Å². The molecule has 6 heteroatoms. The highest BCUT2D eigenvalue weighted by molar-refractivity contribution is 6.07. The summed E-state index contributed by atoms with van der Waals surface area (Å²) < 4.78 is 29.9. The molecule has 0 spiro atoms. The number of allylic oxidation sites excluding steroid dienone is 2. The van der Waals surface area contributed by atoms with Gasteiger partial charge in [0, 0.05) is 0 Å². The van der Waals surface area contributed by atoms with Crippen molar-refractivity contribution in [2.45, 2.75) is 13.3 Å². The third-order valence-corrected chi connectivity index (χ3v) is 4.78. The summed E-state index contributed by atoms with van der Waals surface area (Å²) in [7, 11) is 4.61. The highest BCUT2D eigenvalue weighted by Crippen LogP contribution is 2.45. The Labute approximate surface area is 162 Å². The number of rotatable bonds is 6. The van der Waals surface area contributed by atoms with Crippen LogP contribution in [0.25, 0.3) is 17.2 Å². The molecule has 28 heavy (non-hydrogen) atoms. The maximum Gasteiger partial charge on any atom is 0.307 e. The van der Waals surface area contributed by atoms with Gasteiger partial charge in [-0.25, -0.2) is 4.39 Å². The van der Waals surface area contributed by atoms with Crippen LogP contribution in [-0.4, -0.2) is 32.4 Å². The molecular weight excluding hydrogens is 363 g/mol. The van der Waals surface area contributed by atoms with Crippen LogP contribution in [0.15, 0.2) is 35.9 Å². The largest absolute Gasteiger partial charge is 0.493 e. The molecule has 0 atom stereocenters. The predicted octanol–water partition coefficient (Wildman–Crippen LogP) is 4.65. The van der Waals surface area contributed by atoms with Crippen molar-refractivity contribution in [1.82, 2.24) is 0 Å². The van der Waals surface area contributed by atoms with E-state index in [1.165, 1.54) is 33.5 Å². The average molecular weight is 384 g/mol. The first-order valence-electron chi connectivity index (χ1n) is 8.63. The molecule has 3 rings (SSSR count). The molecule has 0 unspecified atom stereocenters. The first-order valence-corrected chi connectivity index (χ1v) is 8.63. The van der Waals surface area contributed by atoms with Gasteiger partial charge in [0.15, 0.2) is 11.5 Å². The molecule has 0 amide bonds. The summed E-state index contributed by atoms with van der Waals surface area (Å²) in [4.78, 5) is 11.3. The Bertz CT molecular complexity index is 979. The van der Waals surface area contributed by atoms with E-state index in [-0.39, 0.29) is 6.42 Å². The lowest BCUT2D eigenvalue weighted by molar-refractivity contribution is -0.135. The van der Waals surface area contributed by atoms with E-state index >= 15 is 0 Å². The van der Waals surface area contributed by atoms with E-state index in [0.717, 1.165) is 22.3 Å². The maximum atomic E-state index is 13.8. The van der Waals surface area contributed by atoms with E-state index in [1.54, 1.807) is 18.2 Å². The number of carbonyl (C=O) groups is 1. The van der Waals surface area contributed by atoms with E-state index in [9.17, 15) is 14.3 Å². The number of fused-ring (bicyclic) bond motifs is 1. The standard InChI is InChI=1S/C22H21FO5/c1-12-16(7-13-8-19(26-2)22(28-4)20(9-13)27-3)15-6-5-14(23)10-18(15)17(12)11-21(24)25/h5-10H,11H2,1-4H3,(H,24,25). The van der Waals surface area contributed by atoms with Crippen LogP contribution in [0.5, 0.6) is 17.2 Å². The molecule has 0 fully saturated rings. The van der Waals surface area contributed by atoms with Gasteiger partial charge in [-0.15, -0.1) is 0 Å². The van der Waals surface area contributed by atoms with Crippen molar-refractivity contribution in [2.24, 2.45) is 0 Å². The van der Waals surface area contributed by atoms with Gasteiger partial charge in [0.25, 0.3) is 0 Å². The average Bonchev–Trinajstić information content (AvgIpc) is 2.91. The lowest BCUT2D eigenvalue weighted by atomic mass is 10.00. The van der Waals surface area contributed by atoms with Gasteiger partial charge in [-0.05, 0) is 70.7 Å². The zero-order valence-corrected chi connectivity index (χ0v) is 16.1. The van der Waals surface area contributed by atoms with Crippen LogP contribution < -0.4 is 14.2 Å². The van der Waals surface area contributed by atoms with Crippen LogP contribution >= 0.6 is 0 Å². The Kier molecular flexibility index (Phi) is 5.40. The zero-order valence-electron chi connectivity index (χ0n) is 16.1. The number of ether oxygens (including phenoxy) is 3. The van der Waals surface area contributed by atoms with Crippen LogP contribution in [0.1, 0.15) is 30.0 Å². The van der Waals surface area contributed by atoms with Crippen molar-refractivity contribution in [3.05, 3.63) is 58.4 Å². The molecule has 0 saturated heterocycles. The third kappa shape index (κ3) is 3.45. The second-order valence-electron chi connectivity index (χ2n) is 6.38. The van der Waals surface area contributed by atoms with Crippen molar-refractivity contribution in [2.75, 3.05) is 21.3 Å². The molecule has 0 heterocycles. The Morgan fingerprint density at radius 1 is 1.04 bits per heavy atom. The number of hydrogen-bond donors (Lipinski definition) is 1. The fraction of sp³-hybridized carbons (Fsp3) is 0.227. The van der Waals surface area contributed by atoms with Gasteiger partial charge < -0.3 is 19.3 Å². The normalized spacial score (nSPS) is 14.2. The molecule has 0 aromatic heterocycles. The van der Waals surface area contributed by atoms with Gasteiger partial charge in [-0.1, -0.05) is 6.07 Å². The van der Waals surface area contributed by atoms with Gasteiger partial charge in [0.05, 0.1) is 27.8 Å². The summed E-state index contributed by atoms with van der Waals surface area (Å²) in [6.07, 6.45) is 1.74. The molecule has 0 radical (unpaired) electrons. The van der Waals surface area contributed by atoms with Crippen LogP contribution in [0.3, 0.4) is 0 Å². The van der Waals surface area contributed by atoms with Crippen LogP contribution in [0.2, 0.25) is 0 Å². The first-order chi connectivity index (χ1) is 13.4. The Morgan fingerprint density at radius 3 is 2.21 bits per heavy atom. The zero-order chi connectivity index (χ0) is 20.4. The number of halogens is 1. The van der Waals surface area contributed by atoms with Crippen molar-refractivity contribution in [3.8, 4) is 17.2 Å². The highest BCUT2D eigenvalue weighted by atomic mass is 19.1. The molecule has 5 nitrogen and oxygen atoms in total. The van der Waals surface area contributed by atoms with E-state index in [1.807, 2.05) is 13.0 Å². The highest BCUT2D eigenvalue weighted by Gasteiger charge is 2.26. The minimum atomic E-state index is -0.960. The number of aliphatic carboxylic acids is 1. The van der Waals surface area contributed by atoms with Crippen molar-refractivity contribution in [1.29, 1.82) is 0 Å². The molecule has 0 bridgehead atoms. The first kappa shape index (κ1) is 19.5. The molecule has 2 aromatic rings. The summed E-state index contributed by atoms with van der Waals surface area (Å²) >= 11 is 0. The minimum Gasteiger partial charge on any atom is -0.493 e. The summed E-state index contributed by atoms with van der Waals surface area (Å²) in [5, 5.41) is 9.26. The summed E-state index contributed by atoms with van der Waals surface area (Å²) in [5.74, 6) is 0.152. The second kappa shape index (κ2) is 7.76. The fourth-order valence-corrected chi connectivity index (χ4v) is 3.48. The van der Waals surface area contributed by atoms with Gasteiger partial charge in [0.1, 0.15) is 5.82 Å². The van der Waals surface area contributed by atoms with E-state index in [4.69, 9.17) is 14.2 Å². The second-order valence-corrected chi connectivity index (χ2v) is 6.38. The molecule has 2 aromatic carbocycles. The molecule has 1 aliphatic carbocycles. The Balaban J connectivity index is 2.19. The van der Waals surface area contributed by atoms with Crippen molar-refractivity contribution in [3.63, 3.8) is 0 Å².